The number of amides is 1. The maximum absolute atomic E-state index is 12.9. The van der Waals surface area contributed by atoms with E-state index in [1.54, 1.807) is 17.1 Å². The van der Waals surface area contributed by atoms with Crippen LogP contribution in [0.3, 0.4) is 0 Å². The number of hydrogen-bond acceptors (Lipinski definition) is 5. The first-order valence-corrected chi connectivity index (χ1v) is 11.6. The Morgan fingerprint density at radius 1 is 1.25 bits per heavy atom. The molecule has 176 valence electrons. The Bertz CT molecular complexity index is 1040. The number of nitrogens with one attached hydrogen (secondary N) is 1. The van der Waals surface area contributed by atoms with Gasteiger partial charge in [0.25, 0.3) is 0 Å². The number of piperidine rings is 1. The second-order valence-electron chi connectivity index (χ2n) is 7.99. The van der Waals surface area contributed by atoms with Gasteiger partial charge in [0.15, 0.2) is 0 Å². The van der Waals surface area contributed by atoms with Gasteiger partial charge in [0.2, 0.25) is 15.9 Å². The summed E-state index contributed by atoms with van der Waals surface area (Å²) in [5.74, 6) is -0.624. The van der Waals surface area contributed by atoms with Crippen molar-refractivity contribution in [3.63, 3.8) is 0 Å². The van der Waals surface area contributed by atoms with Crippen LogP contribution in [0.25, 0.3) is 0 Å². The average Bonchev–Trinajstić information content (AvgIpc) is 3.19. The van der Waals surface area contributed by atoms with Crippen molar-refractivity contribution in [1.82, 2.24) is 19.0 Å². The molecule has 2 heterocycles. The quantitative estimate of drug-likeness (QED) is 0.668. The lowest BCUT2D eigenvalue weighted by molar-refractivity contribution is -0.137. The molecule has 32 heavy (non-hydrogen) atoms. The molecule has 3 rings (SSSR count). The van der Waals surface area contributed by atoms with Gasteiger partial charge in [0.05, 0.1) is 28.9 Å². The average molecular weight is 474 g/mol. The van der Waals surface area contributed by atoms with Crippen molar-refractivity contribution in [3.05, 3.63) is 42.2 Å². The summed E-state index contributed by atoms with van der Waals surface area (Å²) in [4.78, 5) is 14.2. The summed E-state index contributed by atoms with van der Waals surface area (Å²) in [6, 6.07) is 3.70. The minimum atomic E-state index is -4.63. The number of carbonyl (C=O) groups is 1. The molecule has 1 fully saturated rings. The molecule has 1 aliphatic rings. The number of benzene rings is 1. The number of rotatable bonds is 7. The van der Waals surface area contributed by atoms with Crippen molar-refractivity contribution in [2.75, 3.05) is 39.0 Å². The molecule has 8 nitrogen and oxygen atoms in total. The Kier molecular flexibility index (Phi) is 7.25. The topological polar surface area (TPSA) is 87.5 Å². The normalized spacial score (nSPS) is 16.4. The Morgan fingerprint density at radius 2 is 1.94 bits per heavy atom. The SMILES string of the molecule is CN(C)CCn1cc(NC(=O)C2CCN(S(=O)(=O)c3cccc(C(F)(F)F)c3)CC2)cn1. The molecule has 1 aliphatic heterocycles. The van der Waals surface area contributed by atoms with E-state index in [0.29, 0.717) is 18.3 Å². The molecule has 0 saturated carbocycles. The van der Waals surface area contributed by atoms with Gasteiger partial charge in [0.1, 0.15) is 0 Å². The third kappa shape index (κ3) is 5.87. The number of alkyl halides is 3. The molecule has 0 aliphatic carbocycles. The van der Waals surface area contributed by atoms with Crippen molar-refractivity contribution < 1.29 is 26.4 Å². The Hall–Kier alpha value is -2.44. The number of sulfonamides is 1. The summed E-state index contributed by atoms with van der Waals surface area (Å²) in [6.07, 6.45) is -0.788. The number of nitrogens with zero attached hydrogens (tertiary/aromatic N) is 4. The summed E-state index contributed by atoms with van der Waals surface area (Å²) >= 11 is 0. The molecule has 0 spiro atoms. The van der Waals surface area contributed by atoms with Crippen LogP contribution in [0.1, 0.15) is 18.4 Å². The maximum Gasteiger partial charge on any atom is 0.416 e. The Balaban J connectivity index is 1.58. The highest BCUT2D eigenvalue weighted by molar-refractivity contribution is 7.89. The van der Waals surface area contributed by atoms with Gasteiger partial charge in [-0.15, -0.1) is 0 Å². The predicted molar refractivity (Wildman–Crippen MR) is 112 cm³/mol. The van der Waals surface area contributed by atoms with Crippen LogP contribution in [-0.2, 0) is 27.5 Å². The van der Waals surface area contributed by atoms with E-state index in [1.807, 2.05) is 19.0 Å². The minimum Gasteiger partial charge on any atom is -0.323 e. The summed E-state index contributed by atoms with van der Waals surface area (Å²) in [6.45, 7) is 1.58. The maximum atomic E-state index is 12.9. The molecule has 12 heteroatoms. The summed E-state index contributed by atoms with van der Waals surface area (Å²) in [5.41, 5.74) is -0.452. The van der Waals surface area contributed by atoms with E-state index in [-0.39, 0.29) is 31.8 Å². The molecule has 1 amide bonds. The van der Waals surface area contributed by atoms with E-state index in [0.717, 1.165) is 29.0 Å². The number of aromatic nitrogens is 2. The highest BCUT2D eigenvalue weighted by Crippen LogP contribution is 2.32. The van der Waals surface area contributed by atoms with Crippen LogP contribution in [0.4, 0.5) is 18.9 Å². The van der Waals surface area contributed by atoms with E-state index < -0.39 is 32.6 Å². The minimum absolute atomic E-state index is 0.0543. The smallest absolute Gasteiger partial charge is 0.323 e. The van der Waals surface area contributed by atoms with Gasteiger partial charge in [-0.05, 0) is 45.1 Å². The largest absolute Gasteiger partial charge is 0.416 e. The van der Waals surface area contributed by atoms with Crippen molar-refractivity contribution >= 4 is 21.6 Å². The first kappa shape index (κ1) is 24.2. The van der Waals surface area contributed by atoms with Gasteiger partial charge in [-0.25, -0.2) is 8.42 Å². The van der Waals surface area contributed by atoms with Crippen LogP contribution in [0, 0.1) is 5.92 Å². The van der Waals surface area contributed by atoms with E-state index in [4.69, 9.17) is 0 Å². The lowest BCUT2D eigenvalue weighted by Crippen LogP contribution is -2.41. The summed E-state index contributed by atoms with van der Waals surface area (Å²) in [5, 5.41) is 7.00. The fourth-order valence-corrected chi connectivity index (χ4v) is 4.95. The lowest BCUT2D eigenvalue weighted by Gasteiger charge is -2.30. The molecule has 0 atom stereocenters. The molecule has 0 unspecified atom stereocenters. The molecular formula is C20H26F3N5O3S. The molecule has 1 N–H and O–H groups in total. The van der Waals surface area contributed by atoms with Crippen LogP contribution in [0.2, 0.25) is 0 Å². The molecular weight excluding hydrogens is 447 g/mol. The number of carbonyl (C=O) groups excluding carboxylic acids is 1. The first-order valence-electron chi connectivity index (χ1n) is 10.1. The Morgan fingerprint density at radius 3 is 2.56 bits per heavy atom. The van der Waals surface area contributed by atoms with Crippen molar-refractivity contribution in [1.29, 1.82) is 0 Å². The van der Waals surface area contributed by atoms with Gasteiger partial charge in [-0.3, -0.25) is 9.48 Å². The monoisotopic (exact) mass is 473 g/mol. The van der Waals surface area contributed by atoms with Crippen LogP contribution in [-0.4, -0.2) is 67.0 Å². The van der Waals surface area contributed by atoms with Crippen molar-refractivity contribution in [2.45, 2.75) is 30.5 Å². The third-order valence-electron chi connectivity index (χ3n) is 5.30. The third-order valence-corrected chi connectivity index (χ3v) is 7.20. The highest BCUT2D eigenvalue weighted by Gasteiger charge is 2.35. The number of halogens is 3. The van der Waals surface area contributed by atoms with Crippen molar-refractivity contribution in [2.24, 2.45) is 5.92 Å². The van der Waals surface area contributed by atoms with E-state index in [2.05, 4.69) is 10.4 Å². The molecule has 0 radical (unpaired) electrons. The number of likely N-dealkylation sites (N-methyl/N-ethyl adjacent to an activating group) is 1. The van der Waals surface area contributed by atoms with Crippen LogP contribution >= 0.6 is 0 Å². The molecule has 2 aromatic rings. The van der Waals surface area contributed by atoms with Gasteiger partial charge < -0.3 is 10.2 Å². The zero-order valence-corrected chi connectivity index (χ0v) is 18.7. The number of anilines is 1. The van der Waals surface area contributed by atoms with Gasteiger partial charge in [-0.2, -0.15) is 22.6 Å². The zero-order chi connectivity index (χ0) is 23.5. The van der Waals surface area contributed by atoms with Crippen LogP contribution in [0.5, 0.6) is 0 Å². The van der Waals surface area contributed by atoms with Crippen LogP contribution in [0.15, 0.2) is 41.6 Å². The second-order valence-corrected chi connectivity index (χ2v) is 9.93. The molecule has 1 aromatic heterocycles. The second kappa shape index (κ2) is 9.59. The summed E-state index contributed by atoms with van der Waals surface area (Å²) in [7, 11) is -0.178. The summed E-state index contributed by atoms with van der Waals surface area (Å²) < 4.78 is 67.2. The van der Waals surface area contributed by atoms with E-state index in [1.165, 1.54) is 0 Å². The molecule has 1 saturated heterocycles. The molecule has 0 bridgehead atoms. The van der Waals surface area contributed by atoms with Gasteiger partial charge in [0, 0.05) is 31.7 Å². The standard InChI is InChI=1S/C20H26F3N5O3S/c1-26(2)10-11-27-14-17(13-24-27)25-19(29)15-6-8-28(9-7-15)32(30,31)18-5-3-4-16(12-18)20(21,22)23/h3-5,12-15H,6-11H2,1-2H3,(H,25,29). The fourth-order valence-electron chi connectivity index (χ4n) is 3.44. The number of hydrogen-bond donors (Lipinski definition) is 1. The lowest BCUT2D eigenvalue weighted by atomic mass is 9.97. The van der Waals surface area contributed by atoms with Crippen LogP contribution < -0.4 is 5.32 Å². The zero-order valence-electron chi connectivity index (χ0n) is 17.8. The first-order chi connectivity index (χ1) is 15.0. The van der Waals surface area contributed by atoms with E-state index >= 15 is 0 Å². The predicted octanol–water partition coefficient (Wildman–Crippen LogP) is 2.50. The Labute approximate surface area is 185 Å². The highest BCUT2D eigenvalue weighted by atomic mass is 32.2. The fraction of sp³-hybridized carbons (Fsp3) is 0.500. The van der Waals surface area contributed by atoms with Crippen molar-refractivity contribution in [3.8, 4) is 0 Å². The van der Waals surface area contributed by atoms with Gasteiger partial charge >= 0.3 is 6.18 Å². The van der Waals surface area contributed by atoms with E-state index in [9.17, 15) is 26.4 Å². The molecule has 1 aromatic carbocycles. The van der Waals surface area contributed by atoms with Gasteiger partial charge in [-0.1, -0.05) is 6.07 Å².